The molecule has 1 aromatic heterocycles. The van der Waals surface area contributed by atoms with E-state index in [0.29, 0.717) is 45.2 Å². The van der Waals surface area contributed by atoms with E-state index in [9.17, 15) is 14.9 Å². The molecule has 5 rings (SSSR count). The van der Waals surface area contributed by atoms with E-state index in [1.807, 2.05) is 23.1 Å². The van der Waals surface area contributed by atoms with Gasteiger partial charge in [0.15, 0.2) is 11.5 Å². The van der Waals surface area contributed by atoms with E-state index in [1.165, 1.54) is 12.3 Å². The number of fused-ring (bicyclic) bond motifs is 1. The molecule has 3 aliphatic rings. The third kappa shape index (κ3) is 3.61. The van der Waals surface area contributed by atoms with Gasteiger partial charge in [-0.1, -0.05) is 18.9 Å². The second kappa shape index (κ2) is 8.29. The Balaban J connectivity index is 1.31. The maximum atomic E-state index is 13.8. The number of carbonyl (C=O) groups excluding carboxylic acids is 1. The van der Waals surface area contributed by atoms with Crippen LogP contribution in [0.25, 0.3) is 0 Å². The molecule has 0 unspecified atom stereocenters. The number of ether oxygens (including phenoxy) is 2. The Labute approximate surface area is 186 Å². The van der Waals surface area contributed by atoms with E-state index < -0.39 is 10.3 Å². The number of nitro groups is 1. The molecule has 0 atom stereocenters. The molecule has 9 heteroatoms. The van der Waals surface area contributed by atoms with Gasteiger partial charge in [0.1, 0.15) is 25.2 Å². The first kappa shape index (κ1) is 20.5. The molecule has 2 aliphatic heterocycles. The van der Waals surface area contributed by atoms with Crippen LogP contribution in [-0.2, 0) is 10.2 Å². The van der Waals surface area contributed by atoms with Gasteiger partial charge >= 0.3 is 0 Å². The molecule has 2 fully saturated rings. The van der Waals surface area contributed by atoms with Crippen molar-refractivity contribution in [2.45, 2.75) is 31.1 Å². The third-order valence-electron chi connectivity index (χ3n) is 6.80. The van der Waals surface area contributed by atoms with Crippen LogP contribution in [0.3, 0.4) is 0 Å². The van der Waals surface area contributed by atoms with E-state index in [1.54, 1.807) is 6.07 Å². The number of amides is 1. The Morgan fingerprint density at radius 1 is 1.00 bits per heavy atom. The van der Waals surface area contributed by atoms with Crippen LogP contribution < -0.4 is 14.4 Å². The lowest BCUT2D eigenvalue weighted by Crippen LogP contribution is -2.54. The van der Waals surface area contributed by atoms with Gasteiger partial charge in [-0.15, -0.1) is 0 Å². The van der Waals surface area contributed by atoms with E-state index in [4.69, 9.17) is 9.47 Å². The molecule has 0 N–H and O–H groups in total. The van der Waals surface area contributed by atoms with E-state index in [-0.39, 0.29) is 11.6 Å². The normalized spacial score (nSPS) is 19.6. The van der Waals surface area contributed by atoms with Gasteiger partial charge in [-0.05, 0) is 36.6 Å². The second-order valence-corrected chi connectivity index (χ2v) is 8.56. The van der Waals surface area contributed by atoms with Crippen LogP contribution in [0.2, 0.25) is 0 Å². The number of anilines is 1. The molecule has 0 bridgehead atoms. The van der Waals surface area contributed by atoms with Gasteiger partial charge in [-0.3, -0.25) is 14.9 Å². The first-order valence-electron chi connectivity index (χ1n) is 11.1. The van der Waals surface area contributed by atoms with E-state index in [2.05, 4.69) is 9.88 Å². The maximum absolute atomic E-state index is 13.8. The molecule has 0 spiro atoms. The average molecular weight is 438 g/mol. The van der Waals surface area contributed by atoms with Crippen LogP contribution >= 0.6 is 0 Å². The van der Waals surface area contributed by atoms with Crippen LogP contribution in [0.4, 0.5) is 11.5 Å². The molecule has 168 valence electrons. The van der Waals surface area contributed by atoms with E-state index >= 15 is 0 Å². The number of hydrogen-bond donors (Lipinski definition) is 0. The molecular formula is C23H26N4O5. The van der Waals surface area contributed by atoms with E-state index in [0.717, 1.165) is 42.7 Å². The highest BCUT2D eigenvalue weighted by atomic mass is 16.6. The Bertz CT molecular complexity index is 1010. The van der Waals surface area contributed by atoms with Gasteiger partial charge in [0.05, 0.1) is 10.3 Å². The summed E-state index contributed by atoms with van der Waals surface area (Å²) in [6, 6.07) is 9.08. The number of aromatic nitrogens is 1. The standard InChI is InChI=1S/C23H26N4O5/c28-22(26-11-9-25(10-12-26)21-6-4-18(16-24-21)27(29)30)23(7-1-2-8-23)17-3-5-19-20(15-17)32-14-13-31-19/h3-6,15-16H,1-2,7-14H2. The van der Waals surface area contributed by atoms with Crippen molar-refractivity contribution in [1.29, 1.82) is 0 Å². The SMILES string of the molecule is O=C(N1CCN(c2ccc([N+](=O)[O-])cn2)CC1)C1(c2ccc3c(c2)OCCO3)CCCC1. The van der Waals surface area contributed by atoms with Crippen molar-refractivity contribution < 1.29 is 19.2 Å². The number of pyridine rings is 1. The van der Waals surface area contributed by atoms with Crippen LogP contribution in [-0.4, -0.2) is 60.1 Å². The summed E-state index contributed by atoms with van der Waals surface area (Å²) in [5, 5.41) is 10.9. The number of benzene rings is 1. The predicted molar refractivity (Wildman–Crippen MR) is 117 cm³/mol. The summed E-state index contributed by atoms with van der Waals surface area (Å²) in [4.78, 5) is 32.5. The summed E-state index contributed by atoms with van der Waals surface area (Å²) in [6.45, 7) is 3.56. The van der Waals surface area contributed by atoms with Gasteiger partial charge in [-0.2, -0.15) is 0 Å². The summed E-state index contributed by atoms with van der Waals surface area (Å²) < 4.78 is 11.4. The molecule has 9 nitrogen and oxygen atoms in total. The molecule has 0 radical (unpaired) electrons. The lowest BCUT2D eigenvalue weighted by atomic mass is 9.77. The fourth-order valence-electron chi connectivity index (χ4n) is 5.06. The van der Waals surface area contributed by atoms with Gasteiger partial charge in [0.25, 0.3) is 5.69 Å². The van der Waals surface area contributed by atoms with Crippen LogP contribution in [0.1, 0.15) is 31.2 Å². The topological polar surface area (TPSA) is 98.0 Å². The number of carbonyl (C=O) groups is 1. The largest absolute Gasteiger partial charge is 0.486 e. The molecule has 3 heterocycles. The molecule has 32 heavy (non-hydrogen) atoms. The molecule has 1 saturated carbocycles. The number of nitrogens with zero attached hydrogens (tertiary/aromatic N) is 4. The molecule has 1 saturated heterocycles. The van der Waals surface area contributed by atoms with Crippen molar-refractivity contribution in [3.63, 3.8) is 0 Å². The smallest absolute Gasteiger partial charge is 0.287 e. The lowest BCUT2D eigenvalue weighted by molar-refractivity contribution is -0.385. The molecule has 1 aliphatic carbocycles. The maximum Gasteiger partial charge on any atom is 0.287 e. The van der Waals surface area contributed by atoms with Crippen LogP contribution in [0.5, 0.6) is 11.5 Å². The minimum absolute atomic E-state index is 0.0230. The Morgan fingerprint density at radius 3 is 2.38 bits per heavy atom. The van der Waals surface area contributed by atoms with Crippen molar-refractivity contribution in [3.8, 4) is 11.5 Å². The Hall–Kier alpha value is -3.36. The predicted octanol–water partition coefficient (Wildman–Crippen LogP) is 2.92. The quantitative estimate of drug-likeness (QED) is 0.535. The zero-order valence-electron chi connectivity index (χ0n) is 17.9. The lowest BCUT2D eigenvalue weighted by Gasteiger charge is -2.40. The average Bonchev–Trinajstić information content (AvgIpc) is 3.35. The van der Waals surface area contributed by atoms with Gasteiger partial charge in [0.2, 0.25) is 5.91 Å². The Morgan fingerprint density at radius 2 is 1.72 bits per heavy atom. The summed E-state index contributed by atoms with van der Waals surface area (Å²) in [7, 11) is 0. The van der Waals surface area contributed by atoms with Crippen LogP contribution in [0, 0.1) is 10.1 Å². The minimum atomic E-state index is -0.510. The van der Waals surface area contributed by atoms with Crippen molar-refractivity contribution in [1.82, 2.24) is 9.88 Å². The summed E-state index contributed by atoms with van der Waals surface area (Å²) in [5.74, 6) is 2.35. The van der Waals surface area contributed by atoms with Crippen molar-refractivity contribution in [2.75, 3.05) is 44.3 Å². The monoisotopic (exact) mass is 438 g/mol. The van der Waals surface area contributed by atoms with Crippen molar-refractivity contribution >= 4 is 17.4 Å². The fraction of sp³-hybridized carbons (Fsp3) is 0.478. The van der Waals surface area contributed by atoms with Gasteiger partial charge in [0, 0.05) is 32.2 Å². The van der Waals surface area contributed by atoms with Crippen molar-refractivity contribution in [2.24, 2.45) is 0 Å². The summed E-state index contributed by atoms with van der Waals surface area (Å²) >= 11 is 0. The minimum Gasteiger partial charge on any atom is -0.486 e. The highest BCUT2D eigenvalue weighted by Crippen LogP contribution is 2.45. The van der Waals surface area contributed by atoms with Crippen LogP contribution in [0.15, 0.2) is 36.5 Å². The third-order valence-corrected chi connectivity index (χ3v) is 6.80. The molecular weight excluding hydrogens is 412 g/mol. The number of rotatable bonds is 4. The second-order valence-electron chi connectivity index (χ2n) is 8.56. The zero-order valence-corrected chi connectivity index (χ0v) is 17.9. The zero-order chi connectivity index (χ0) is 22.1. The number of piperazine rings is 1. The van der Waals surface area contributed by atoms with Gasteiger partial charge in [-0.25, -0.2) is 4.98 Å². The van der Waals surface area contributed by atoms with Crippen molar-refractivity contribution in [3.05, 3.63) is 52.2 Å². The fourth-order valence-corrected chi connectivity index (χ4v) is 5.06. The highest BCUT2D eigenvalue weighted by molar-refractivity contribution is 5.89. The molecule has 1 amide bonds. The summed E-state index contributed by atoms with van der Waals surface area (Å²) in [6.07, 6.45) is 5.03. The molecule has 2 aromatic rings. The first-order valence-corrected chi connectivity index (χ1v) is 11.1. The number of hydrogen-bond acceptors (Lipinski definition) is 7. The summed E-state index contributed by atoms with van der Waals surface area (Å²) in [5.41, 5.74) is 0.484. The molecule has 1 aromatic carbocycles. The Kier molecular flexibility index (Phi) is 5.32. The van der Waals surface area contributed by atoms with Gasteiger partial charge < -0.3 is 19.3 Å². The highest BCUT2D eigenvalue weighted by Gasteiger charge is 2.46. The first-order chi connectivity index (χ1) is 15.6.